The molecule has 136 heavy (non-hydrogen) atoms. The van der Waals surface area contributed by atoms with Crippen LogP contribution in [-0.2, 0) is 49.0 Å². The number of anilines is 3. The maximum absolute atomic E-state index is 11.3. The van der Waals surface area contributed by atoms with Gasteiger partial charge in [-0.15, -0.1) is 0 Å². The first kappa shape index (κ1) is 101. The lowest BCUT2D eigenvalue weighted by Gasteiger charge is -2.13. The van der Waals surface area contributed by atoms with Crippen LogP contribution in [-0.4, -0.2) is 18.9 Å². The number of aryl methyl sites for hydroxylation is 1. The average Bonchev–Trinajstić information content (AvgIpc) is 0.859. The number of carbonyl (C=O) groups excluding carboxylic acids is 2. The van der Waals surface area contributed by atoms with E-state index in [9.17, 15) is 9.59 Å². The summed E-state index contributed by atoms with van der Waals surface area (Å²) in [6, 6.07) is 119. The summed E-state index contributed by atoms with van der Waals surface area (Å²) in [5.74, 6) is 14.8. The van der Waals surface area contributed by atoms with Crippen LogP contribution >= 0.6 is 0 Å². The van der Waals surface area contributed by atoms with Gasteiger partial charge in [0.15, 0.2) is 0 Å². The highest BCUT2D eigenvalue weighted by molar-refractivity contribution is 5.89. The van der Waals surface area contributed by atoms with Gasteiger partial charge in [-0.1, -0.05) is 253 Å². The lowest BCUT2D eigenvalue weighted by molar-refractivity contribution is -0.115. The molecule has 15 rings (SSSR count). The molecule has 0 aliphatic heterocycles. The van der Waals surface area contributed by atoms with E-state index in [0.717, 1.165) is 132 Å². The minimum Gasteiger partial charge on any atom is -0.497 e. The van der Waals surface area contributed by atoms with Crippen molar-refractivity contribution in [1.29, 1.82) is 0 Å². The Labute approximate surface area is 804 Å². The van der Waals surface area contributed by atoms with E-state index in [1.165, 1.54) is 52.8 Å². The predicted molar refractivity (Wildman–Crippen MR) is 552 cm³/mol. The van der Waals surface area contributed by atoms with E-state index >= 15 is 0 Å². The number of ether oxygens (including phenoxy) is 11. The summed E-state index contributed by atoms with van der Waals surface area (Å²) >= 11 is 0. The monoisotopic (exact) mass is 1820 g/mol. The summed E-state index contributed by atoms with van der Waals surface area (Å²) in [5.41, 5.74) is 16.5. The first-order chi connectivity index (χ1) is 65.8. The third-order valence-electron chi connectivity index (χ3n) is 21.4. The molecule has 0 fully saturated rings. The van der Waals surface area contributed by atoms with E-state index in [0.29, 0.717) is 74.1 Å². The summed E-state index contributed by atoms with van der Waals surface area (Å²) in [5, 5.41) is 8.79. The van der Waals surface area contributed by atoms with Crippen molar-refractivity contribution < 1.29 is 61.7 Å². The Morgan fingerprint density at radius 1 is 0.250 bits per heavy atom. The molecule has 16 heteroatoms. The van der Waals surface area contributed by atoms with Crippen molar-refractivity contribution in [2.45, 2.75) is 166 Å². The molecular formula is C120H127N3O13. The molecule has 2 amide bonds. The average molecular weight is 1820 g/mol. The highest BCUT2D eigenvalue weighted by Crippen LogP contribution is 2.35. The smallest absolute Gasteiger partial charge is 0.221 e. The number of rotatable bonds is 36. The molecule has 15 aromatic rings. The molecule has 0 saturated carbocycles. The van der Waals surface area contributed by atoms with Gasteiger partial charge in [-0.05, 0) is 262 Å². The molecule has 0 heterocycles. The van der Waals surface area contributed by atoms with Crippen molar-refractivity contribution in [3.8, 4) is 92.0 Å². The van der Waals surface area contributed by atoms with Gasteiger partial charge < -0.3 is 68.1 Å². The molecule has 0 aliphatic rings. The van der Waals surface area contributed by atoms with E-state index in [-0.39, 0.29) is 11.8 Å². The quantitative estimate of drug-likeness (QED) is 0.0339. The summed E-state index contributed by atoms with van der Waals surface area (Å²) in [4.78, 5) is 22.4. The SMILES string of the molecule is C=C(C)Nc1cccc(COc2cccc(Oc3ccc(C(C)C)cc3)c2)c1.CC(=O)Nc1ccc(COc2cccc(Oc3ccc(C(C)C)cc3)c2)cc1.CC(=O)Nc1ccccc1COc1cccc(Oc2ccc(C(C)C)cc2)c1.CCc1cccc(COc2cccc(Oc3ccc(C(C)C)cc3)c2)c1.COc1ccc(COc2cccc(Oc3ccc(C(C)C)cc3)c2)cc1. The molecule has 0 unspecified atom stereocenters. The topological polar surface area (TPSA) is 172 Å². The maximum atomic E-state index is 11.3. The zero-order chi connectivity index (χ0) is 96.5. The van der Waals surface area contributed by atoms with Crippen molar-refractivity contribution in [2.24, 2.45) is 0 Å². The molecule has 700 valence electrons. The number of para-hydroxylation sites is 1. The Morgan fingerprint density at radius 3 is 0.846 bits per heavy atom. The van der Waals surface area contributed by atoms with Gasteiger partial charge in [0.25, 0.3) is 0 Å². The third kappa shape index (κ3) is 34.9. The molecule has 15 aromatic carbocycles. The fourth-order valence-corrected chi connectivity index (χ4v) is 13.7. The zero-order valence-corrected chi connectivity index (χ0v) is 80.8. The summed E-state index contributed by atoms with van der Waals surface area (Å²) < 4.78 is 64.5. The first-order valence-electron chi connectivity index (χ1n) is 46.3. The fraction of sp³-hybridized carbons (Fsp3) is 0.217. The van der Waals surface area contributed by atoms with Gasteiger partial charge in [-0.3, -0.25) is 9.59 Å². The summed E-state index contributed by atoms with van der Waals surface area (Å²) in [6.07, 6.45) is 1.03. The molecule has 0 bridgehead atoms. The summed E-state index contributed by atoms with van der Waals surface area (Å²) in [6.45, 7) is 35.1. The van der Waals surface area contributed by atoms with Gasteiger partial charge in [-0.2, -0.15) is 0 Å². The number of methoxy groups -OCH3 is 1. The largest absolute Gasteiger partial charge is 0.497 e. The second-order valence-corrected chi connectivity index (χ2v) is 34.3. The van der Waals surface area contributed by atoms with E-state index in [1.807, 2.05) is 280 Å². The van der Waals surface area contributed by atoms with Crippen LogP contribution in [0.2, 0.25) is 0 Å². The minimum atomic E-state index is -0.105. The van der Waals surface area contributed by atoms with Gasteiger partial charge in [0.2, 0.25) is 11.8 Å². The lowest BCUT2D eigenvalue weighted by Crippen LogP contribution is -2.09. The second-order valence-electron chi connectivity index (χ2n) is 34.3. The molecule has 0 radical (unpaired) electrons. The number of hydrogen-bond acceptors (Lipinski definition) is 14. The van der Waals surface area contributed by atoms with Gasteiger partial charge in [0.1, 0.15) is 125 Å². The van der Waals surface area contributed by atoms with E-state index in [1.54, 1.807) is 7.11 Å². The normalized spacial score (nSPS) is 10.6. The predicted octanol–water partition coefficient (Wildman–Crippen LogP) is 32.3. The second kappa shape index (κ2) is 52.7. The lowest BCUT2D eigenvalue weighted by atomic mass is 10.0. The maximum Gasteiger partial charge on any atom is 0.221 e. The van der Waals surface area contributed by atoms with Crippen LogP contribution in [0.1, 0.15) is 188 Å². The van der Waals surface area contributed by atoms with E-state index in [4.69, 9.17) is 52.1 Å². The highest BCUT2D eigenvalue weighted by Gasteiger charge is 2.13. The highest BCUT2D eigenvalue weighted by atomic mass is 16.5. The molecule has 0 spiro atoms. The van der Waals surface area contributed by atoms with E-state index in [2.05, 4.69) is 190 Å². The molecule has 0 atom stereocenters. The van der Waals surface area contributed by atoms with Crippen LogP contribution in [0.15, 0.2) is 376 Å². The zero-order valence-electron chi connectivity index (χ0n) is 80.8. The molecular weight excluding hydrogens is 1690 g/mol. The van der Waals surface area contributed by atoms with Gasteiger partial charge >= 0.3 is 0 Å². The number of carbonyl (C=O) groups is 2. The molecule has 3 N–H and O–H groups in total. The van der Waals surface area contributed by atoms with Crippen molar-refractivity contribution >= 4 is 28.9 Å². The van der Waals surface area contributed by atoms with Crippen LogP contribution in [0.25, 0.3) is 0 Å². The standard InChI is InChI=1S/C25H27NO2.2C24H25NO3.C24H26O2.C23H24O3/c1-18(2)21-11-13-23(14-12-21)28-25-10-6-9-24(16-25)27-17-20-7-5-8-22(15-20)26-19(3)4;1-17(2)19-11-13-21(14-12-19)28-23-9-6-8-22(15-23)27-16-20-7-4-5-10-24(20)25-18(3)26;1-17(2)20-9-13-22(14-10-20)28-24-6-4-5-23(15-24)27-16-19-7-11-21(12-8-19)25-18(3)26;1-4-19-7-5-8-20(15-19)17-25-23-9-6-10-24(16-23)26-22-13-11-21(12-14-22)18(2)3;1-17(2)19-9-13-21(14-10-19)26-23-6-4-5-22(15-23)25-16-18-7-11-20(24-3)12-8-18/h5-16,18,26H,3,17H2,1-2,4H3;2*4-15,17H,16H2,1-3H3,(H,25,26);5-16,18H,4,17H2,1-3H3;4-15,17H,16H2,1-3H3. The number of amides is 2. The Hall–Kier alpha value is -15.4. The minimum absolute atomic E-state index is 0.0836. The number of allylic oxidation sites excluding steroid dienone is 1. The van der Waals surface area contributed by atoms with Crippen molar-refractivity contribution in [2.75, 3.05) is 23.1 Å². The van der Waals surface area contributed by atoms with Crippen molar-refractivity contribution in [1.82, 2.24) is 0 Å². The van der Waals surface area contributed by atoms with Crippen molar-refractivity contribution in [3.05, 3.63) is 437 Å². The molecule has 0 saturated heterocycles. The Bertz CT molecular complexity index is 6200. The van der Waals surface area contributed by atoms with Gasteiger partial charge in [0.05, 0.1) is 7.11 Å². The Morgan fingerprint density at radius 2 is 0.529 bits per heavy atom. The molecule has 0 aromatic heterocycles. The third-order valence-corrected chi connectivity index (χ3v) is 21.4. The van der Waals surface area contributed by atoms with Crippen LogP contribution in [0, 0.1) is 0 Å². The van der Waals surface area contributed by atoms with E-state index < -0.39 is 0 Å². The molecule has 0 aliphatic carbocycles. The number of nitrogens with one attached hydrogen (secondary N) is 3. The summed E-state index contributed by atoms with van der Waals surface area (Å²) in [7, 11) is 1.66. The van der Waals surface area contributed by atoms with Crippen molar-refractivity contribution in [3.63, 3.8) is 0 Å². The number of hydrogen-bond donors (Lipinski definition) is 3. The van der Waals surface area contributed by atoms with Crippen LogP contribution in [0.5, 0.6) is 92.0 Å². The fourth-order valence-electron chi connectivity index (χ4n) is 13.7. The molecule has 16 nitrogen and oxygen atoms in total. The van der Waals surface area contributed by atoms with Crippen LogP contribution in [0.4, 0.5) is 17.1 Å². The first-order valence-corrected chi connectivity index (χ1v) is 46.3. The Balaban J connectivity index is 0.000000163. The number of benzene rings is 15. The van der Waals surface area contributed by atoms with Crippen LogP contribution < -0.4 is 68.1 Å². The van der Waals surface area contributed by atoms with Gasteiger partial charge in [-0.25, -0.2) is 0 Å². The van der Waals surface area contributed by atoms with Gasteiger partial charge in [0, 0.05) is 72.5 Å². The Kier molecular flexibility index (Phi) is 39.2. The van der Waals surface area contributed by atoms with Crippen LogP contribution in [0.3, 0.4) is 0 Å².